The van der Waals surface area contributed by atoms with Crippen LogP contribution in [0.1, 0.15) is 32.7 Å². The fourth-order valence-corrected chi connectivity index (χ4v) is 4.02. The summed E-state index contributed by atoms with van der Waals surface area (Å²) >= 11 is 0. The van der Waals surface area contributed by atoms with Gasteiger partial charge in [0.15, 0.2) is 12.4 Å². The van der Waals surface area contributed by atoms with Gasteiger partial charge in [-0.2, -0.15) is 0 Å². The number of ketones is 1. The first-order valence-corrected chi connectivity index (χ1v) is 10.3. The third-order valence-corrected chi connectivity index (χ3v) is 5.54. The molecule has 1 heterocycles. The van der Waals surface area contributed by atoms with Gasteiger partial charge in [0.2, 0.25) is 10.0 Å². The van der Waals surface area contributed by atoms with E-state index in [-0.39, 0.29) is 5.56 Å². The van der Waals surface area contributed by atoms with Crippen LogP contribution in [0, 0.1) is 11.6 Å². The standard InChI is InChI=1S/C19H17F2NO5S/c1-28(25,26)22-8-2-3-12-9-13(4-7-17(12)22)18(23)11-27-19(24)15-6-5-14(20)10-16(15)21/h4-7,9-10H,2-3,8,11H2,1H3. The maximum Gasteiger partial charge on any atom is 0.341 e. The summed E-state index contributed by atoms with van der Waals surface area (Å²) in [6.45, 7) is -0.246. The van der Waals surface area contributed by atoms with Crippen LogP contribution in [0.5, 0.6) is 0 Å². The lowest BCUT2D eigenvalue weighted by Gasteiger charge is -2.29. The largest absolute Gasteiger partial charge is 0.454 e. The Morgan fingerprint density at radius 1 is 1.14 bits per heavy atom. The maximum atomic E-state index is 13.6. The minimum atomic E-state index is -3.41. The lowest BCUT2D eigenvalue weighted by atomic mass is 9.99. The normalized spacial score (nSPS) is 13.8. The zero-order chi connectivity index (χ0) is 20.5. The number of anilines is 1. The number of esters is 1. The second kappa shape index (κ2) is 7.67. The summed E-state index contributed by atoms with van der Waals surface area (Å²) in [5, 5.41) is 0. The smallest absolute Gasteiger partial charge is 0.341 e. The molecule has 6 nitrogen and oxygen atoms in total. The van der Waals surface area contributed by atoms with Gasteiger partial charge in [-0.05, 0) is 48.7 Å². The molecular formula is C19H17F2NO5S. The highest BCUT2D eigenvalue weighted by Crippen LogP contribution is 2.30. The average molecular weight is 409 g/mol. The predicted octanol–water partition coefficient (Wildman–Crippen LogP) is 2.72. The van der Waals surface area contributed by atoms with E-state index in [1.807, 2.05) is 0 Å². The number of hydrogen-bond acceptors (Lipinski definition) is 5. The molecular weight excluding hydrogens is 392 g/mol. The van der Waals surface area contributed by atoms with Crippen molar-refractivity contribution >= 4 is 27.5 Å². The molecule has 0 saturated heterocycles. The Labute approximate surface area is 160 Å². The topological polar surface area (TPSA) is 80.8 Å². The fraction of sp³-hybridized carbons (Fsp3) is 0.263. The van der Waals surface area contributed by atoms with E-state index in [1.54, 1.807) is 12.1 Å². The lowest BCUT2D eigenvalue weighted by molar-refractivity contribution is 0.0470. The van der Waals surface area contributed by atoms with Crippen molar-refractivity contribution in [3.8, 4) is 0 Å². The van der Waals surface area contributed by atoms with Crippen molar-refractivity contribution in [3.05, 3.63) is 64.7 Å². The minimum absolute atomic E-state index is 0.251. The maximum absolute atomic E-state index is 13.6. The number of Topliss-reactive ketones (excluding diaryl/α,β-unsaturated/α-hetero) is 1. The zero-order valence-electron chi connectivity index (χ0n) is 14.9. The summed E-state index contributed by atoms with van der Waals surface area (Å²) in [4.78, 5) is 24.2. The Balaban J connectivity index is 1.72. The van der Waals surface area contributed by atoms with Gasteiger partial charge in [0.05, 0.1) is 17.5 Å². The van der Waals surface area contributed by atoms with E-state index in [4.69, 9.17) is 4.74 Å². The van der Waals surface area contributed by atoms with E-state index in [9.17, 15) is 26.8 Å². The molecule has 0 amide bonds. The molecule has 0 bridgehead atoms. The predicted molar refractivity (Wildman–Crippen MR) is 97.9 cm³/mol. The SMILES string of the molecule is CS(=O)(=O)N1CCCc2cc(C(=O)COC(=O)c3ccc(F)cc3F)ccc21. The molecule has 0 fully saturated rings. The Bertz CT molecular complexity index is 1050. The summed E-state index contributed by atoms with van der Waals surface area (Å²) in [6, 6.07) is 6.98. The molecule has 2 aromatic rings. The Morgan fingerprint density at radius 3 is 2.57 bits per heavy atom. The number of hydrogen-bond donors (Lipinski definition) is 0. The number of carbonyl (C=O) groups is 2. The first kappa shape index (κ1) is 19.9. The van der Waals surface area contributed by atoms with Crippen LogP contribution in [0.25, 0.3) is 0 Å². The summed E-state index contributed by atoms with van der Waals surface area (Å²) in [5.41, 5.74) is 1.01. The van der Waals surface area contributed by atoms with Gasteiger partial charge >= 0.3 is 5.97 Å². The summed E-state index contributed by atoms with van der Waals surface area (Å²) in [6.07, 6.45) is 2.36. The third-order valence-electron chi connectivity index (χ3n) is 4.36. The van der Waals surface area contributed by atoms with Crippen LogP contribution in [0.3, 0.4) is 0 Å². The molecule has 148 valence electrons. The van der Waals surface area contributed by atoms with Crippen molar-refractivity contribution in [2.75, 3.05) is 23.7 Å². The second-order valence-corrected chi connectivity index (χ2v) is 8.31. The molecule has 2 aromatic carbocycles. The van der Waals surface area contributed by atoms with Crippen LogP contribution in [0.4, 0.5) is 14.5 Å². The van der Waals surface area contributed by atoms with Crippen molar-refractivity contribution in [3.63, 3.8) is 0 Å². The fourth-order valence-electron chi connectivity index (χ4n) is 3.03. The lowest BCUT2D eigenvalue weighted by Crippen LogP contribution is -2.34. The zero-order valence-corrected chi connectivity index (χ0v) is 15.8. The molecule has 0 radical (unpaired) electrons. The van der Waals surface area contributed by atoms with Crippen LogP contribution in [-0.4, -0.2) is 39.6 Å². The Kier molecular flexibility index (Phi) is 5.46. The molecule has 1 aliphatic rings. The van der Waals surface area contributed by atoms with E-state index in [2.05, 4.69) is 0 Å². The molecule has 28 heavy (non-hydrogen) atoms. The van der Waals surface area contributed by atoms with Crippen LogP contribution >= 0.6 is 0 Å². The van der Waals surface area contributed by atoms with Crippen LogP contribution < -0.4 is 4.31 Å². The Morgan fingerprint density at radius 2 is 1.89 bits per heavy atom. The van der Waals surface area contributed by atoms with Gasteiger partial charge in [-0.25, -0.2) is 22.0 Å². The first-order chi connectivity index (χ1) is 13.2. The molecule has 0 unspecified atom stereocenters. The van der Waals surface area contributed by atoms with Gasteiger partial charge in [0.25, 0.3) is 0 Å². The van der Waals surface area contributed by atoms with Gasteiger partial charge in [-0.15, -0.1) is 0 Å². The molecule has 1 aliphatic heterocycles. The van der Waals surface area contributed by atoms with Gasteiger partial charge in [-0.3, -0.25) is 9.10 Å². The molecule has 0 aromatic heterocycles. The number of rotatable bonds is 5. The number of benzene rings is 2. The van der Waals surface area contributed by atoms with Crippen molar-refractivity contribution in [2.45, 2.75) is 12.8 Å². The van der Waals surface area contributed by atoms with E-state index < -0.39 is 45.6 Å². The van der Waals surface area contributed by atoms with Crippen LogP contribution in [0.15, 0.2) is 36.4 Å². The van der Waals surface area contributed by atoms with E-state index in [0.717, 1.165) is 18.4 Å². The molecule has 9 heteroatoms. The number of nitrogens with zero attached hydrogens (tertiary/aromatic N) is 1. The first-order valence-electron chi connectivity index (χ1n) is 8.43. The highest BCUT2D eigenvalue weighted by atomic mass is 32.2. The molecule has 0 N–H and O–H groups in total. The number of ether oxygens (including phenoxy) is 1. The van der Waals surface area contributed by atoms with Crippen LogP contribution in [0.2, 0.25) is 0 Å². The number of aryl methyl sites for hydroxylation is 1. The monoisotopic (exact) mass is 409 g/mol. The van der Waals surface area contributed by atoms with Crippen LogP contribution in [-0.2, 0) is 21.2 Å². The highest BCUT2D eigenvalue weighted by molar-refractivity contribution is 7.92. The van der Waals surface area contributed by atoms with Gasteiger partial charge in [0.1, 0.15) is 11.6 Å². The summed E-state index contributed by atoms with van der Waals surface area (Å²) in [7, 11) is -3.41. The van der Waals surface area contributed by atoms with E-state index in [0.29, 0.717) is 36.7 Å². The molecule has 0 spiro atoms. The summed E-state index contributed by atoms with van der Waals surface area (Å²) < 4.78 is 56.4. The third kappa shape index (κ3) is 4.19. The van der Waals surface area contributed by atoms with Crippen molar-refractivity contribution in [2.24, 2.45) is 0 Å². The van der Waals surface area contributed by atoms with Gasteiger partial charge in [0, 0.05) is 18.2 Å². The molecule has 0 atom stereocenters. The van der Waals surface area contributed by atoms with Crippen molar-refractivity contribution in [1.29, 1.82) is 0 Å². The quantitative estimate of drug-likeness (QED) is 0.560. The number of sulfonamides is 1. The average Bonchev–Trinajstić information content (AvgIpc) is 2.64. The van der Waals surface area contributed by atoms with E-state index >= 15 is 0 Å². The van der Waals surface area contributed by atoms with Gasteiger partial charge < -0.3 is 4.74 Å². The van der Waals surface area contributed by atoms with Crippen molar-refractivity contribution in [1.82, 2.24) is 0 Å². The van der Waals surface area contributed by atoms with Gasteiger partial charge in [-0.1, -0.05) is 0 Å². The molecule has 3 rings (SSSR count). The number of carbonyl (C=O) groups excluding carboxylic acids is 2. The second-order valence-electron chi connectivity index (χ2n) is 6.41. The minimum Gasteiger partial charge on any atom is -0.454 e. The summed E-state index contributed by atoms with van der Waals surface area (Å²) in [5.74, 6) is -3.50. The highest BCUT2D eigenvalue weighted by Gasteiger charge is 2.25. The van der Waals surface area contributed by atoms with E-state index in [1.165, 1.54) is 10.4 Å². The number of halogens is 2. The van der Waals surface area contributed by atoms with Crippen molar-refractivity contribution < 1.29 is 31.5 Å². The Hall–Kier alpha value is -2.81. The number of fused-ring (bicyclic) bond motifs is 1. The molecule has 0 saturated carbocycles. The molecule has 0 aliphatic carbocycles.